The molecule has 0 atom stereocenters. The second kappa shape index (κ2) is 5.18. The van der Waals surface area contributed by atoms with E-state index in [-0.39, 0.29) is 11.4 Å². The number of carbonyl (C=O) groups excluding carboxylic acids is 1. The van der Waals surface area contributed by atoms with E-state index in [1.807, 2.05) is 13.8 Å². The quantitative estimate of drug-likeness (QED) is 0.871. The molecule has 0 radical (unpaired) electrons. The Morgan fingerprint density at radius 2 is 2.24 bits per heavy atom. The van der Waals surface area contributed by atoms with Crippen molar-refractivity contribution >= 4 is 11.8 Å². The SMILES string of the molecule is COCC(C)(C)c1cc(NC(=O)N(C)C)no1. The van der Waals surface area contributed by atoms with Crippen LogP contribution in [0, 0.1) is 0 Å². The normalized spacial score (nSPS) is 11.4. The van der Waals surface area contributed by atoms with Crippen molar-refractivity contribution in [1.29, 1.82) is 0 Å². The highest BCUT2D eigenvalue weighted by Gasteiger charge is 2.26. The first kappa shape index (κ1) is 13.5. The monoisotopic (exact) mass is 241 g/mol. The molecule has 0 aliphatic carbocycles. The minimum atomic E-state index is -0.275. The lowest BCUT2D eigenvalue weighted by molar-refractivity contribution is 0.129. The summed E-state index contributed by atoms with van der Waals surface area (Å²) in [7, 11) is 4.95. The average Bonchev–Trinajstić information content (AvgIpc) is 2.66. The van der Waals surface area contributed by atoms with E-state index in [1.165, 1.54) is 4.90 Å². The molecular formula is C11H19N3O3. The highest BCUT2D eigenvalue weighted by molar-refractivity contribution is 5.87. The number of carbonyl (C=O) groups is 1. The molecule has 0 aliphatic rings. The van der Waals surface area contributed by atoms with Gasteiger partial charge in [0.25, 0.3) is 0 Å². The number of anilines is 1. The Kier molecular flexibility index (Phi) is 4.11. The molecule has 1 N–H and O–H groups in total. The Hall–Kier alpha value is -1.56. The van der Waals surface area contributed by atoms with Crippen molar-refractivity contribution < 1.29 is 14.1 Å². The maximum absolute atomic E-state index is 11.4. The lowest BCUT2D eigenvalue weighted by Gasteiger charge is -2.19. The zero-order chi connectivity index (χ0) is 13.1. The Morgan fingerprint density at radius 3 is 2.76 bits per heavy atom. The van der Waals surface area contributed by atoms with Crippen LogP contribution in [0.3, 0.4) is 0 Å². The first-order chi connectivity index (χ1) is 7.86. The average molecular weight is 241 g/mol. The van der Waals surface area contributed by atoms with Crippen molar-refractivity contribution in [2.45, 2.75) is 19.3 Å². The van der Waals surface area contributed by atoms with Crippen LogP contribution in [0.15, 0.2) is 10.6 Å². The van der Waals surface area contributed by atoms with Crippen LogP contribution in [0.4, 0.5) is 10.6 Å². The summed E-state index contributed by atoms with van der Waals surface area (Å²) in [5, 5.41) is 6.42. The van der Waals surface area contributed by atoms with Gasteiger partial charge in [-0.15, -0.1) is 0 Å². The Bertz CT molecular complexity index is 385. The van der Waals surface area contributed by atoms with E-state index in [1.54, 1.807) is 27.3 Å². The van der Waals surface area contributed by atoms with E-state index in [4.69, 9.17) is 9.26 Å². The number of nitrogens with zero attached hydrogens (tertiary/aromatic N) is 2. The van der Waals surface area contributed by atoms with Gasteiger partial charge in [0, 0.05) is 32.7 Å². The van der Waals surface area contributed by atoms with Gasteiger partial charge in [0.1, 0.15) is 5.76 Å². The first-order valence-electron chi connectivity index (χ1n) is 5.31. The molecule has 0 saturated heterocycles. The van der Waals surface area contributed by atoms with Crippen molar-refractivity contribution in [3.8, 4) is 0 Å². The molecule has 0 aromatic carbocycles. The number of ether oxygens (including phenoxy) is 1. The van der Waals surface area contributed by atoms with Gasteiger partial charge in [0.2, 0.25) is 0 Å². The molecule has 0 unspecified atom stereocenters. The second-order valence-electron chi connectivity index (χ2n) is 4.72. The molecule has 0 aliphatic heterocycles. The Labute approximate surface area is 101 Å². The van der Waals surface area contributed by atoms with Crippen LogP contribution in [0.2, 0.25) is 0 Å². The topological polar surface area (TPSA) is 67.6 Å². The zero-order valence-electron chi connectivity index (χ0n) is 10.9. The number of urea groups is 1. The summed E-state index contributed by atoms with van der Waals surface area (Å²) < 4.78 is 10.3. The summed E-state index contributed by atoms with van der Waals surface area (Å²) in [4.78, 5) is 12.8. The van der Waals surface area contributed by atoms with Crippen molar-refractivity contribution in [3.63, 3.8) is 0 Å². The first-order valence-corrected chi connectivity index (χ1v) is 5.31. The number of hydrogen-bond acceptors (Lipinski definition) is 4. The third-order valence-corrected chi connectivity index (χ3v) is 2.32. The number of amides is 2. The van der Waals surface area contributed by atoms with Gasteiger partial charge in [-0.25, -0.2) is 4.79 Å². The van der Waals surface area contributed by atoms with Gasteiger partial charge in [0.05, 0.1) is 6.61 Å². The van der Waals surface area contributed by atoms with Gasteiger partial charge < -0.3 is 14.2 Å². The summed E-state index contributed by atoms with van der Waals surface area (Å²) in [5.74, 6) is 1.08. The fraction of sp³-hybridized carbons (Fsp3) is 0.636. The lowest BCUT2D eigenvalue weighted by atomic mass is 9.91. The summed E-state index contributed by atoms with van der Waals surface area (Å²) in [6, 6.07) is 1.47. The van der Waals surface area contributed by atoms with E-state index >= 15 is 0 Å². The fourth-order valence-electron chi connectivity index (χ4n) is 1.31. The van der Waals surface area contributed by atoms with Crippen LogP contribution >= 0.6 is 0 Å². The molecule has 0 saturated carbocycles. The summed E-state index contributed by atoms with van der Waals surface area (Å²) >= 11 is 0. The molecule has 96 valence electrons. The van der Waals surface area contributed by atoms with E-state index < -0.39 is 0 Å². The molecular weight excluding hydrogens is 222 g/mol. The highest BCUT2D eigenvalue weighted by Crippen LogP contribution is 2.25. The van der Waals surface area contributed by atoms with Crippen molar-refractivity contribution in [3.05, 3.63) is 11.8 Å². The highest BCUT2D eigenvalue weighted by atomic mass is 16.5. The minimum Gasteiger partial charge on any atom is -0.384 e. The van der Waals surface area contributed by atoms with E-state index in [9.17, 15) is 4.79 Å². The van der Waals surface area contributed by atoms with E-state index in [0.717, 1.165) is 0 Å². The molecule has 0 bridgehead atoms. The number of nitrogens with one attached hydrogen (secondary N) is 1. The standard InChI is InChI=1S/C11H19N3O3/c1-11(2,7-16-5)8-6-9(13-17-8)12-10(15)14(3)4/h6H,7H2,1-5H3,(H,12,13,15). The third-order valence-electron chi connectivity index (χ3n) is 2.32. The molecule has 2 amide bonds. The van der Waals surface area contributed by atoms with Gasteiger partial charge in [-0.3, -0.25) is 5.32 Å². The second-order valence-corrected chi connectivity index (χ2v) is 4.72. The van der Waals surface area contributed by atoms with Gasteiger partial charge in [-0.2, -0.15) is 0 Å². The van der Waals surface area contributed by atoms with Crippen molar-refractivity contribution in [1.82, 2.24) is 10.1 Å². The molecule has 1 heterocycles. The molecule has 0 fully saturated rings. The fourth-order valence-corrected chi connectivity index (χ4v) is 1.31. The molecule has 6 nitrogen and oxygen atoms in total. The van der Waals surface area contributed by atoms with Crippen LogP contribution in [-0.2, 0) is 10.2 Å². The largest absolute Gasteiger partial charge is 0.384 e. The van der Waals surface area contributed by atoms with Gasteiger partial charge in [0.15, 0.2) is 5.82 Å². The van der Waals surface area contributed by atoms with Gasteiger partial charge in [-0.1, -0.05) is 19.0 Å². The maximum atomic E-state index is 11.4. The summed E-state index contributed by atoms with van der Waals surface area (Å²) in [5.41, 5.74) is -0.275. The van der Waals surface area contributed by atoms with Gasteiger partial charge in [-0.05, 0) is 0 Å². The summed E-state index contributed by atoms with van der Waals surface area (Å²) in [6.45, 7) is 4.48. The van der Waals surface area contributed by atoms with Crippen molar-refractivity contribution in [2.75, 3.05) is 33.1 Å². The maximum Gasteiger partial charge on any atom is 0.322 e. The molecule has 1 rings (SSSR count). The smallest absolute Gasteiger partial charge is 0.322 e. The molecule has 6 heteroatoms. The van der Waals surface area contributed by atoms with Crippen LogP contribution in [0.5, 0.6) is 0 Å². The zero-order valence-corrected chi connectivity index (χ0v) is 10.9. The van der Waals surface area contributed by atoms with Crippen LogP contribution in [0.1, 0.15) is 19.6 Å². The Morgan fingerprint density at radius 1 is 1.59 bits per heavy atom. The van der Waals surface area contributed by atoms with E-state index in [0.29, 0.717) is 18.2 Å². The molecule has 0 spiro atoms. The van der Waals surface area contributed by atoms with Gasteiger partial charge >= 0.3 is 6.03 Å². The third kappa shape index (κ3) is 3.45. The molecule has 17 heavy (non-hydrogen) atoms. The van der Waals surface area contributed by atoms with Crippen LogP contribution < -0.4 is 5.32 Å². The predicted octanol–water partition coefficient (Wildman–Crippen LogP) is 1.69. The molecule has 1 aromatic heterocycles. The minimum absolute atomic E-state index is 0.241. The van der Waals surface area contributed by atoms with E-state index in [2.05, 4.69) is 10.5 Å². The van der Waals surface area contributed by atoms with Crippen LogP contribution in [0.25, 0.3) is 0 Å². The number of rotatable bonds is 4. The Balaban J connectivity index is 2.75. The molecule has 1 aromatic rings. The predicted molar refractivity (Wildman–Crippen MR) is 64.1 cm³/mol. The summed E-state index contributed by atoms with van der Waals surface area (Å²) in [6.07, 6.45) is 0. The van der Waals surface area contributed by atoms with Crippen molar-refractivity contribution in [2.24, 2.45) is 0 Å². The number of methoxy groups -OCH3 is 1. The van der Waals surface area contributed by atoms with Crippen LogP contribution in [-0.4, -0.2) is 43.9 Å². The number of hydrogen-bond donors (Lipinski definition) is 1. The lowest BCUT2D eigenvalue weighted by Crippen LogP contribution is -2.27. The number of aromatic nitrogens is 1.